The van der Waals surface area contributed by atoms with Crippen LogP contribution in [0.25, 0.3) is 17.2 Å². The van der Waals surface area contributed by atoms with Gasteiger partial charge in [-0.3, -0.25) is 14.1 Å². The van der Waals surface area contributed by atoms with Gasteiger partial charge >= 0.3 is 0 Å². The fourth-order valence-corrected chi connectivity index (χ4v) is 5.95. The second-order valence-corrected chi connectivity index (χ2v) is 15.3. The van der Waals surface area contributed by atoms with Crippen molar-refractivity contribution in [3.63, 3.8) is 0 Å². The Morgan fingerprint density at radius 3 is 2.12 bits per heavy atom. The third-order valence-corrected chi connectivity index (χ3v) is 9.01. The van der Waals surface area contributed by atoms with Crippen LogP contribution in [-0.2, 0) is 21.3 Å². The summed E-state index contributed by atoms with van der Waals surface area (Å²) in [5, 5.41) is 6.00. The molecule has 0 aliphatic carbocycles. The largest absolute Gasteiger partial charge is 0.351 e. The third-order valence-electron chi connectivity index (χ3n) is 7.98. The number of halogens is 1. The van der Waals surface area contributed by atoms with Crippen molar-refractivity contribution in [2.24, 2.45) is 5.41 Å². The molecule has 1 unspecified atom stereocenters. The van der Waals surface area contributed by atoms with Crippen LogP contribution >= 0.6 is 11.6 Å². The molecule has 0 bridgehead atoms. The predicted octanol–water partition coefficient (Wildman–Crippen LogP) is 8.57. The first-order valence-corrected chi connectivity index (χ1v) is 17.8. The Hall–Kier alpha value is -4.24. The smallest absolute Gasteiger partial charge is 0.266 e. The summed E-state index contributed by atoms with van der Waals surface area (Å²) in [6.07, 6.45) is 4.56. The van der Waals surface area contributed by atoms with Gasteiger partial charge in [-0.05, 0) is 95.8 Å². The highest BCUT2D eigenvalue weighted by Crippen LogP contribution is 2.35. The molecule has 3 N–H and O–H groups in total. The van der Waals surface area contributed by atoms with Crippen molar-refractivity contribution in [3.8, 4) is 11.1 Å². The number of rotatable bonds is 11. The molecule has 252 valence electrons. The summed E-state index contributed by atoms with van der Waals surface area (Å²) in [5.41, 5.74) is 8.98. The van der Waals surface area contributed by atoms with E-state index in [0.29, 0.717) is 22.7 Å². The quantitative estimate of drug-likeness (QED) is 0.137. The minimum absolute atomic E-state index is 0.0335. The van der Waals surface area contributed by atoms with E-state index in [1.807, 2.05) is 43.3 Å². The first-order valence-electron chi connectivity index (χ1n) is 15.8. The molecule has 9 heteroatoms. The van der Waals surface area contributed by atoms with E-state index in [0.717, 1.165) is 38.9 Å². The normalized spacial score (nSPS) is 12.6. The summed E-state index contributed by atoms with van der Waals surface area (Å²) < 4.78 is 30.8. The molecule has 0 saturated heterocycles. The van der Waals surface area contributed by atoms with E-state index in [4.69, 9.17) is 16.2 Å². The van der Waals surface area contributed by atoms with Crippen molar-refractivity contribution in [2.75, 3.05) is 17.6 Å². The number of benzene rings is 4. The Morgan fingerprint density at radius 2 is 1.52 bits per heavy atom. The fraction of sp³-hybridized carbons (Fsp3) is 0.282. The second kappa shape index (κ2) is 15.3. The molecule has 1 atom stereocenters. The van der Waals surface area contributed by atoms with Gasteiger partial charge in [0, 0.05) is 12.1 Å². The third kappa shape index (κ3) is 10.4. The maximum absolute atomic E-state index is 14.0. The summed E-state index contributed by atoms with van der Waals surface area (Å²) in [5.74, 6) is -1.83. The standard InChI is InChI=1S/C39H43ClN2O5S/c1-25-7-16-32(26(2)21-25)33-24-35(40)36(22-27(33)3)42-38(44)34(30-12-8-28(9-13-30)17-18-39(4,5)6)23-29-10-14-31(15-11-29)37(43)41-19-20-48(45,46)47/h7-18,21-22,24,34H,19-20,23H2,1-6H3,(H,41,43)(H,42,44)(H,45,46,47). The lowest BCUT2D eigenvalue weighted by Crippen LogP contribution is -2.28. The van der Waals surface area contributed by atoms with Crippen LogP contribution in [0, 0.1) is 26.2 Å². The predicted molar refractivity (Wildman–Crippen MR) is 196 cm³/mol. The maximum atomic E-state index is 14.0. The van der Waals surface area contributed by atoms with E-state index >= 15 is 0 Å². The van der Waals surface area contributed by atoms with Gasteiger partial charge in [-0.25, -0.2) is 0 Å². The highest BCUT2D eigenvalue weighted by Gasteiger charge is 2.23. The Bertz CT molecular complexity index is 1930. The second-order valence-electron chi connectivity index (χ2n) is 13.3. The number of carbonyl (C=O) groups excluding carboxylic acids is 2. The van der Waals surface area contributed by atoms with Gasteiger partial charge in [-0.1, -0.05) is 105 Å². The van der Waals surface area contributed by atoms with Crippen molar-refractivity contribution in [1.82, 2.24) is 5.32 Å². The van der Waals surface area contributed by atoms with E-state index in [2.05, 4.69) is 75.6 Å². The minimum Gasteiger partial charge on any atom is -0.351 e. The molecule has 0 fully saturated rings. The molecular formula is C39H43ClN2O5S. The summed E-state index contributed by atoms with van der Waals surface area (Å²) >= 11 is 6.78. The van der Waals surface area contributed by atoms with Gasteiger partial charge in [0.25, 0.3) is 16.0 Å². The van der Waals surface area contributed by atoms with Crippen molar-refractivity contribution >= 4 is 45.3 Å². The van der Waals surface area contributed by atoms with Gasteiger partial charge in [0.15, 0.2) is 0 Å². The van der Waals surface area contributed by atoms with Crippen molar-refractivity contribution < 1.29 is 22.6 Å². The average molecular weight is 687 g/mol. The van der Waals surface area contributed by atoms with E-state index in [-0.39, 0.29) is 17.9 Å². The minimum atomic E-state index is -4.18. The zero-order valence-electron chi connectivity index (χ0n) is 28.2. The lowest BCUT2D eigenvalue weighted by molar-refractivity contribution is -0.117. The number of hydrogen-bond donors (Lipinski definition) is 3. The van der Waals surface area contributed by atoms with Crippen LogP contribution in [0.2, 0.25) is 5.02 Å². The van der Waals surface area contributed by atoms with Crippen LogP contribution in [-0.4, -0.2) is 37.1 Å². The van der Waals surface area contributed by atoms with E-state index in [9.17, 15) is 18.0 Å². The molecule has 4 rings (SSSR count). The molecule has 4 aromatic carbocycles. The zero-order chi connectivity index (χ0) is 35.2. The summed E-state index contributed by atoms with van der Waals surface area (Å²) in [7, 11) is -4.18. The monoisotopic (exact) mass is 686 g/mol. The highest BCUT2D eigenvalue weighted by atomic mass is 35.5. The molecule has 2 amide bonds. The Balaban J connectivity index is 1.60. The molecule has 7 nitrogen and oxygen atoms in total. The topological polar surface area (TPSA) is 113 Å². The molecule has 0 radical (unpaired) electrons. The van der Waals surface area contributed by atoms with Gasteiger partial charge < -0.3 is 10.6 Å². The maximum Gasteiger partial charge on any atom is 0.266 e. The first-order chi connectivity index (χ1) is 22.5. The Labute approximate surface area is 289 Å². The van der Waals surface area contributed by atoms with Crippen LogP contribution in [0.15, 0.2) is 84.9 Å². The van der Waals surface area contributed by atoms with Crippen LogP contribution in [0.1, 0.15) is 70.4 Å². The summed E-state index contributed by atoms with van der Waals surface area (Å²) in [4.78, 5) is 26.5. The number of aryl methyl sites for hydroxylation is 3. The van der Waals surface area contributed by atoms with E-state index < -0.39 is 27.7 Å². The zero-order valence-corrected chi connectivity index (χ0v) is 29.8. The molecule has 0 heterocycles. The van der Waals surface area contributed by atoms with Gasteiger partial charge in [-0.2, -0.15) is 8.42 Å². The van der Waals surface area contributed by atoms with Crippen molar-refractivity contribution in [2.45, 2.75) is 53.9 Å². The van der Waals surface area contributed by atoms with E-state index in [1.54, 1.807) is 24.3 Å². The molecule has 0 saturated carbocycles. The lowest BCUT2D eigenvalue weighted by atomic mass is 9.89. The number of allylic oxidation sites excluding steroid dienone is 1. The van der Waals surface area contributed by atoms with E-state index in [1.165, 1.54) is 5.56 Å². The van der Waals surface area contributed by atoms with Gasteiger partial charge in [0.1, 0.15) is 0 Å². The van der Waals surface area contributed by atoms with Gasteiger partial charge in [-0.15, -0.1) is 0 Å². The molecule has 0 aromatic heterocycles. The molecule has 4 aromatic rings. The number of amides is 2. The Kier molecular flexibility index (Phi) is 11.7. The molecule has 0 aliphatic heterocycles. The lowest BCUT2D eigenvalue weighted by Gasteiger charge is -2.20. The van der Waals surface area contributed by atoms with Crippen molar-refractivity contribution in [1.29, 1.82) is 0 Å². The van der Waals surface area contributed by atoms with Crippen molar-refractivity contribution in [3.05, 3.63) is 129 Å². The first kappa shape index (κ1) is 36.6. The molecule has 48 heavy (non-hydrogen) atoms. The van der Waals surface area contributed by atoms with Crippen LogP contribution in [0.3, 0.4) is 0 Å². The SMILES string of the molecule is Cc1ccc(-c2cc(Cl)c(NC(=O)C(Cc3ccc(C(=O)NCCS(=O)(=O)O)cc3)c3ccc(C=CC(C)(C)C)cc3)cc2C)c(C)c1. The fourth-order valence-electron chi connectivity index (χ4n) is 5.37. The average Bonchev–Trinajstić information content (AvgIpc) is 3.00. The van der Waals surface area contributed by atoms with Crippen LogP contribution in [0.5, 0.6) is 0 Å². The summed E-state index contributed by atoms with van der Waals surface area (Å²) in [6, 6.07) is 24.8. The van der Waals surface area contributed by atoms with Gasteiger partial charge in [0.2, 0.25) is 5.91 Å². The molecule has 0 spiro atoms. The Morgan fingerprint density at radius 1 is 0.875 bits per heavy atom. The molecule has 0 aliphatic rings. The van der Waals surface area contributed by atoms with Crippen LogP contribution in [0.4, 0.5) is 5.69 Å². The summed E-state index contributed by atoms with van der Waals surface area (Å²) in [6.45, 7) is 12.3. The molecular weight excluding hydrogens is 644 g/mol. The number of nitrogens with one attached hydrogen (secondary N) is 2. The highest BCUT2D eigenvalue weighted by molar-refractivity contribution is 7.85. The number of anilines is 1. The van der Waals surface area contributed by atoms with Gasteiger partial charge in [0.05, 0.1) is 22.4 Å². The van der Waals surface area contributed by atoms with Crippen LogP contribution < -0.4 is 10.6 Å². The number of carbonyl (C=O) groups is 2. The number of hydrogen-bond acceptors (Lipinski definition) is 4.